The van der Waals surface area contributed by atoms with Gasteiger partial charge in [0.15, 0.2) is 5.11 Å². The third-order valence-corrected chi connectivity index (χ3v) is 2.44. The Morgan fingerprint density at radius 2 is 2.29 bits per heavy atom. The molecule has 0 bridgehead atoms. The SMILES string of the molecule is NC(=S)NN=Cc1ccnc2cc(Cl)ccc12. The van der Waals surface area contributed by atoms with Crippen LogP contribution in [-0.2, 0) is 0 Å². The van der Waals surface area contributed by atoms with Crippen LogP contribution in [0.3, 0.4) is 0 Å². The Balaban J connectivity index is 2.40. The second-order valence-electron chi connectivity index (χ2n) is 3.30. The summed E-state index contributed by atoms with van der Waals surface area (Å²) in [4.78, 5) is 4.23. The first kappa shape index (κ1) is 11.8. The van der Waals surface area contributed by atoms with Crippen molar-refractivity contribution in [2.45, 2.75) is 0 Å². The zero-order valence-corrected chi connectivity index (χ0v) is 10.3. The molecule has 2 rings (SSSR count). The molecule has 0 atom stereocenters. The maximum Gasteiger partial charge on any atom is 0.184 e. The zero-order valence-electron chi connectivity index (χ0n) is 8.72. The molecular weight excluding hydrogens is 256 g/mol. The molecule has 2 aromatic rings. The van der Waals surface area contributed by atoms with Crippen LogP contribution in [0.1, 0.15) is 5.56 Å². The number of benzene rings is 1. The van der Waals surface area contributed by atoms with E-state index < -0.39 is 0 Å². The first-order valence-corrected chi connectivity index (χ1v) is 5.58. The predicted molar refractivity (Wildman–Crippen MR) is 74.3 cm³/mol. The first-order valence-electron chi connectivity index (χ1n) is 4.79. The number of hydrazone groups is 1. The van der Waals surface area contributed by atoms with Crippen LogP contribution in [0.25, 0.3) is 10.9 Å². The lowest BCUT2D eigenvalue weighted by Crippen LogP contribution is -2.24. The average Bonchev–Trinajstić information content (AvgIpc) is 2.28. The molecule has 0 radical (unpaired) electrons. The molecule has 0 saturated carbocycles. The summed E-state index contributed by atoms with van der Waals surface area (Å²) in [7, 11) is 0. The third-order valence-electron chi connectivity index (χ3n) is 2.12. The number of nitrogens with zero attached hydrogens (tertiary/aromatic N) is 2. The standard InChI is InChI=1S/C11H9ClN4S/c12-8-1-2-9-7(6-15-16-11(13)17)3-4-14-10(9)5-8/h1-6H,(H3,13,16,17). The molecule has 1 heterocycles. The predicted octanol–water partition coefficient (Wildman–Crippen LogP) is 2.06. The number of nitrogens with one attached hydrogen (secondary N) is 1. The van der Waals surface area contributed by atoms with Crippen molar-refractivity contribution in [1.29, 1.82) is 0 Å². The van der Waals surface area contributed by atoms with E-state index in [4.69, 9.17) is 17.3 Å². The molecular formula is C11H9ClN4S. The summed E-state index contributed by atoms with van der Waals surface area (Å²) in [5, 5.41) is 5.66. The summed E-state index contributed by atoms with van der Waals surface area (Å²) in [5.74, 6) is 0. The molecule has 1 aromatic heterocycles. The van der Waals surface area contributed by atoms with Crippen molar-refractivity contribution in [1.82, 2.24) is 10.4 Å². The molecule has 0 unspecified atom stereocenters. The van der Waals surface area contributed by atoms with Gasteiger partial charge in [-0.05, 0) is 30.4 Å². The molecule has 0 spiro atoms. The fraction of sp³-hybridized carbons (Fsp3) is 0. The highest BCUT2D eigenvalue weighted by Gasteiger charge is 2.00. The first-order chi connectivity index (χ1) is 8.16. The van der Waals surface area contributed by atoms with E-state index in [1.807, 2.05) is 18.2 Å². The highest BCUT2D eigenvalue weighted by Crippen LogP contribution is 2.19. The number of hydrogen-bond acceptors (Lipinski definition) is 3. The fourth-order valence-corrected chi connectivity index (χ4v) is 1.64. The lowest BCUT2D eigenvalue weighted by molar-refractivity contribution is 1.04. The van der Waals surface area contributed by atoms with E-state index in [1.165, 1.54) is 0 Å². The molecule has 86 valence electrons. The summed E-state index contributed by atoms with van der Waals surface area (Å²) in [6.07, 6.45) is 3.33. The molecule has 3 N–H and O–H groups in total. The summed E-state index contributed by atoms with van der Waals surface area (Å²) in [6.45, 7) is 0. The van der Waals surface area contributed by atoms with Crippen molar-refractivity contribution < 1.29 is 0 Å². The van der Waals surface area contributed by atoms with E-state index >= 15 is 0 Å². The fourth-order valence-electron chi connectivity index (χ4n) is 1.42. The number of aromatic nitrogens is 1. The highest BCUT2D eigenvalue weighted by atomic mass is 35.5. The normalized spacial score (nSPS) is 10.9. The summed E-state index contributed by atoms with van der Waals surface area (Å²) < 4.78 is 0. The molecule has 0 aliphatic rings. The van der Waals surface area contributed by atoms with Crippen molar-refractivity contribution in [2.24, 2.45) is 10.8 Å². The minimum Gasteiger partial charge on any atom is -0.375 e. The molecule has 4 nitrogen and oxygen atoms in total. The largest absolute Gasteiger partial charge is 0.375 e. The van der Waals surface area contributed by atoms with E-state index in [0.29, 0.717) is 5.02 Å². The molecule has 1 aromatic carbocycles. The van der Waals surface area contributed by atoms with Crippen LogP contribution >= 0.6 is 23.8 Å². The Labute approximate surface area is 108 Å². The Kier molecular flexibility index (Phi) is 3.51. The molecule has 0 fully saturated rings. The molecule has 0 saturated heterocycles. The second kappa shape index (κ2) is 5.07. The Morgan fingerprint density at radius 1 is 1.47 bits per heavy atom. The molecule has 17 heavy (non-hydrogen) atoms. The van der Waals surface area contributed by atoms with E-state index in [2.05, 4.69) is 27.7 Å². The Bertz CT molecular complexity index is 597. The third kappa shape index (κ3) is 2.89. The van der Waals surface area contributed by atoms with Gasteiger partial charge in [0.05, 0.1) is 11.7 Å². The van der Waals surface area contributed by atoms with Crippen LogP contribution in [0.15, 0.2) is 35.6 Å². The zero-order chi connectivity index (χ0) is 12.3. The van der Waals surface area contributed by atoms with Crippen molar-refractivity contribution in [2.75, 3.05) is 0 Å². The lowest BCUT2D eigenvalue weighted by Gasteiger charge is -2.01. The van der Waals surface area contributed by atoms with E-state index in [9.17, 15) is 0 Å². The van der Waals surface area contributed by atoms with Gasteiger partial charge in [0.2, 0.25) is 0 Å². The number of hydrogen-bond donors (Lipinski definition) is 2. The second-order valence-corrected chi connectivity index (χ2v) is 4.17. The Hall–Kier alpha value is -1.72. The monoisotopic (exact) mass is 264 g/mol. The molecule has 6 heteroatoms. The van der Waals surface area contributed by atoms with Crippen LogP contribution in [-0.4, -0.2) is 16.3 Å². The van der Waals surface area contributed by atoms with Crippen LogP contribution in [0.4, 0.5) is 0 Å². The topological polar surface area (TPSA) is 63.3 Å². The van der Waals surface area contributed by atoms with Crippen LogP contribution < -0.4 is 11.2 Å². The molecule has 0 aliphatic heterocycles. The van der Waals surface area contributed by atoms with Gasteiger partial charge in [-0.2, -0.15) is 5.10 Å². The molecule has 0 amide bonds. The van der Waals surface area contributed by atoms with Crippen LogP contribution in [0.5, 0.6) is 0 Å². The number of halogens is 1. The maximum atomic E-state index is 5.90. The minimum absolute atomic E-state index is 0.127. The van der Waals surface area contributed by atoms with Gasteiger partial charge in [-0.25, -0.2) is 0 Å². The maximum absolute atomic E-state index is 5.90. The van der Waals surface area contributed by atoms with Crippen molar-refractivity contribution in [3.63, 3.8) is 0 Å². The van der Waals surface area contributed by atoms with Gasteiger partial charge in [0, 0.05) is 22.2 Å². The number of thiocarbonyl (C=S) groups is 1. The van der Waals surface area contributed by atoms with Gasteiger partial charge in [0.25, 0.3) is 0 Å². The van der Waals surface area contributed by atoms with Crippen molar-refractivity contribution >= 4 is 46.0 Å². The average molecular weight is 265 g/mol. The van der Waals surface area contributed by atoms with E-state index in [0.717, 1.165) is 16.5 Å². The summed E-state index contributed by atoms with van der Waals surface area (Å²) >= 11 is 10.5. The summed E-state index contributed by atoms with van der Waals surface area (Å²) in [6, 6.07) is 7.35. The number of nitrogens with two attached hydrogens (primary N) is 1. The van der Waals surface area contributed by atoms with Gasteiger partial charge in [-0.3, -0.25) is 10.4 Å². The van der Waals surface area contributed by atoms with Crippen LogP contribution in [0.2, 0.25) is 5.02 Å². The number of pyridine rings is 1. The van der Waals surface area contributed by atoms with Gasteiger partial charge in [-0.15, -0.1) is 0 Å². The van der Waals surface area contributed by atoms with Crippen LogP contribution in [0, 0.1) is 0 Å². The van der Waals surface area contributed by atoms with E-state index in [1.54, 1.807) is 18.5 Å². The quantitative estimate of drug-likeness (QED) is 0.495. The van der Waals surface area contributed by atoms with Gasteiger partial charge >= 0.3 is 0 Å². The van der Waals surface area contributed by atoms with E-state index in [-0.39, 0.29) is 5.11 Å². The molecule has 0 aliphatic carbocycles. The number of rotatable bonds is 2. The van der Waals surface area contributed by atoms with Gasteiger partial charge in [-0.1, -0.05) is 17.7 Å². The van der Waals surface area contributed by atoms with Crippen molar-refractivity contribution in [3.05, 3.63) is 41.0 Å². The minimum atomic E-state index is 0.127. The van der Waals surface area contributed by atoms with Gasteiger partial charge in [0.1, 0.15) is 0 Å². The smallest absolute Gasteiger partial charge is 0.184 e. The summed E-state index contributed by atoms with van der Waals surface area (Å²) in [5.41, 5.74) is 9.50. The lowest BCUT2D eigenvalue weighted by atomic mass is 10.1. The Morgan fingerprint density at radius 3 is 3.06 bits per heavy atom. The number of fused-ring (bicyclic) bond motifs is 1. The van der Waals surface area contributed by atoms with Gasteiger partial charge < -0.3 is 5.73 Å². The van der Waals surface area contributed by atoms with Crippen molar-refractivity contribution in [3.8, 4) is 0 Å². The highest BCUT2D eigenvalue weighted by molar-refractivity contribution is 7.80.